The zero-order valence-electron chi connectivity index (χ0n) is 13.1. The number of anilines is 1. The second-order valence-electron chi connectivity index (χ2n) is 5.69. The largest absolute Gasteiger partial charge is 0.459 e. The van der Waals surface area contributed by atoms with Crippen LogP contribution >= 0.6 is 11.6 Å². The van der Waals surface area contributed by atoms with E-state index in [2.05, 4.69) is 9.71 Å². The SMILES string of the molecule is O=C(c1ccco1)N1CCN(C2=NS(=O)c3cc(Cl)ccc3N2)CC1. The van der Waals surface area contributed by atoms with Gasteiger partial charge in [0.1, 0.15) is 0 Å². The van der Waals surface area contributed by atoms with Crippen molar-refractivity contribution in [2.75, 3.05) is 31.5 Å². The van der Waals surface area contributed by atoms with Crippen molar-refractivity contribution in [1.82, 2.24) is 9.80 Å². The molecule has 7 nitrogen and oxygen atoms in total. The van der Waals surface area contributed by atoms with Crippen molar-refractivity contribution in [2.24, 2.45) is 4.40 Å². The molecule has 0 spiro atoms. The molecule has 1 amide bonds. The first-order valence-corrected chi connectivity index (χ1v) is 9.25. The lowest BCUT2D eigenvalue weighted by molar-refractivity contribution is 0.0660. The van der Waals surface area contributed by atoms with Gasteiger partial charge in [0.05, 0.1) is 16.8 Å². The van der Waals surface area contributed by atoms with Crippen molar-refractivity contribution in [3.8, 4) is 0 Å². The molecule has 1 unspecified atom stereocenters. The first-order valence-electron chi connectivity index (χ1n) is 7.77. The Morgan fingerprint density at radius 2 is 2.04 bits per heavy atom. The van der Waals surface area contributed by atoms with Gasteiger partial charge in [0, 0.05) is 31.2 Å². The highest BCUT2D eigenvalue weighted by Gasteiger charge is 2.28. The number of furan rings is 1. The molecular weight excluding hydrogens is 364 g/mol. The zero-order valence-corrected chi connectivity index (χ0v) is 14.7. The number of fused-ring (bicyclic) bond motifs is 1. The molecule has 1 fully saturated rings. The summed E-state index contributed by atoms with van der Waals surface area (Å²) in [4.78, 5) is 16.6. The van der Waals surface area contributed by atoms with E-state index in [4.69, 9.17) is 16.0 Å². The molecule has 1 N–H and O–H groups in total. The molecule has 9 heteroatoms. The second-order valence-corrected chi connectivity index (χ2v) is 7.24. The number of halogens is 1. The molecule has 1 atom stereocenters. The number of carbonyl (C=O) groups excluding carboxylic acids is 1. The summed E-state index contributed by atoms with van der Waals surface area (Å²) in [6.07, 6.45) is 1.49. The number of rotatable bonds is 1. The maximum Gasteiger partial charge on any atom is 0.289 e. The van der Waals surface area contributed by atoms with Gasteiger partial charge in [-0.15, -0.1) is 4.40 Å². The minimum Gasteiger partial charge on any atom is -0.459 e. The Labute approximate surface area is 151 Å². The molecule has 1 saturated heterocycles. The lowest BCUT2D eigenvalue weighted by Gasteiger charge is -2.36. The third-order valence-corrected chi connectivity index (χ3v) is 5.43. The fourth-order valence-corrected chi connectivity index (χ4v) is 4.02. The van der Waals surface area contributed by atoms with Crippen LogP contribution in [0.25, 0.3) is 0 Å². The van der Waals surface area contributed by atoms with Crippen molar-refractivity contribution in [2.45, 2.75) is 4.90 Å². The highest BCUT2D eigenvalue weighted by molar-refractivity contribution is 7.84. The number of nitrogens with one attached hydrogen (secondary N) is 1. The first kappa shape index (κ1) is 16.2. The maximum atomic E-state index is 12.3. The van der Waals surface area contributed by atoms with Crippen LogP contribution in [0.3, 0.4) is 0 Å². The molecule has 3 heterocycles. The van der Waals surface area contributed by atoms with Gasteiger partial charge in [-0.1, -0.05) is 11.6 Å². The Bertz CT molecular complexity index is 860. The standard InChI is InChI=1S/C16H15ClN4O3S/c17-11-3-4-12-14(10-11)25(23)19-16(18-12)21-7-5-20(6-8-21)15(22)13-2-1-9-24-13/h1-4,9-10H,5-8H2,(H,18,19). The number of hydrogen-bond acceptors (Lipinski definition) is 5. The third-order valence-electron chi connectivity index (χ3n) is 4.15. The highest BCUT2D eigenvalue weighted by Crippen LogP contribution is 2.28. The second kappa shape index (κ2) is 6.53. The van der Waals surface area contributed by atoms with E-state index in [0.717, 1.165) is 5.69 Å². The minimum atomic E-state index is -1.50. The Balaban J connectivity index is 1.44. The van der Waals surface area contributed by atoms with Gasteiger partial charge in [0.2, 0.25) is 5.96 Å². The van der Waals surface area contributed by atoms with E-state index in [1.807, 2.05) is 4.90 Å². The number of amides is 1. The van der Waals surface area contributed by atoms with Crippen LogP contribution in [-0.2, 0) is 11.0 Å². The smallest absolute Gasteiger partial charge is 0.289 e. The van der Waals surface area contributed by atoms with Crippen LogP contribution in [0.5, 0.6) is 0 Å². The summed E-state index contributed by atoms with van der Waals surface area (Å²) in [5.74, 6) is 0.776. The van der Waals surface area contributed by atoms with Crippen LogP contribution in [-0.4, -0.2) is 52.1 Å². The van der Waals surface area contributed by atoms with Crippen molar-refractivity contribution in [3.63, 3.8) is 0 Å². The van der Waals surface area contributed by atoms with Crippen LogP contribution in [0.1, 0.15) is 10.6 Å². The molecule has 1 aromatic heterocycles. The fourth-order valence-electron chi connectivity index (χ4n) is 2.83. The van der Waals surface area contributed by atoms with E-state index in [0.29, 0.717) is 47.8 Å². The lowest BCUT2D eigenvalue weighted by atomic mass is 10.3. The Hall–Kier alpha value is -2.32. The van der Waals surface area contributed by atoms with Crippen molar-refractivity contribution in [1.29, 1.82) is 0 Å². The summed E-state index contributed by atoms with van der Waals surface area (Å²) >= 11 is 5.95. The van der Waals surface area contributed by atoms with E-state index in [-0.39, 0.29) is 5.91 Å². The summed E-state index contributed by atoms with van der Waals surface area (Å²) in [6, 6.07) is 8.55. The summed E-state index contributed by atoms with van der Waals surface area (Å²) in [5, 5.41) is 3.72. The lowest BCUT2D eigenvalue weighted by Crippen LogP contribution is -2.52. The van der Waals surface area contributed by atoms with E-state index in [1.54, 1.807) is 35.2 Å². The molecular formula is C16H15ClN4O3S. The maximum absolute atomic E-state index is 12.3. The molecule has 0 aliphatic carbocycles. The van der Waals surface area contributed by atoms with E-state index >= 15 is 0 Å². The first-order chi connectivity index (χ1) is 12.1. The minimum absolute atomic E-state index is 0.119. The number of benzene rings is 1. The topological polar surface area (TPSA) is 78.2 Å². The average Bonchev–Trinajstić information content (AvgIpc) is 3.16. The Kier molecular flexibility index (Phi) is 4.22. The van der Waals surface area contributed by atoms with Gasteiger partial charge < -0.3 is 19.5 Å². The van der Waals surface area contributed by atoms with Crippen LogP contribution in [0.2, 0.25) is 5.02 Å². The summed E-state index contributed by atoms with van der Waals surface area (Å²) in [6.45, 7) is 2.28. The van der Waals surface area contributed by atoms with Gasteiger partial charge in [-0.3, -0.25) is 4.79 Å². The van der Waals surface area contributed by atoms with Crippen molar-refractivity contribution >= 4 is 40.1 Å². The average molecular weight is 379 g/mol. The predicted octanol–water partition coefficient (Wildman–Crippen LogP) is 2.20. The normalized spacial score (nSPS) is 19.9. The van der Waals surface area contributed by atoms with Crippen LogP contribution in [0, 0.1) is 0 Å². The predicted molar refractivity (Wildman–Crippen MR) is 95.1 cm³/mol. The molecule has 25 heavy (non-hydrogen) atoms. The monoisotopic (exact) mass is 378 g/mol. The summed E-state index contributed by atoms with van der Waals surface area (Å²) in [5.41, 5.74) is 0.738. The highest BCUT2D eigenvalue weighted by atomic mass is 35.5. The van der Waals surface area contributed by atoms with Crippen molar-refractivity contribution in [3.05, 3.63) is 47.4 Å². The molecule has 1 aromatic carbocycles. The van der Waals surface area contributed by atoms with Gasteiger partial charge in [-0.05, 0) is 30.3 Å². The Morgan fingerprint density at radius 1 is 1.24 bits per heavy atom. The van der Waals surface area contributed by atoms with Gasteiger partial charge in [0.15, 0.2) is 16.7 Å². The summed E-state index contributed by atoms with van der Waals surface area (Å²) in [7, 11) is -1.50. The van der Waals surface area contributed by atoms with Gasteiger partial charge in [-0.25, -0.2) is 4.21 Å². The molecule has 4 rings (SSSR count). The van der Waals surface area contributed by atoms with E-state index in [9.17, 15) is 9.00 Å². The van der Waals surface area contributed by atoms with Crippen LogP contribution in [0.4, 0.5) is 5.69 Å². The number of piperazine rings is 1. The molecule has 130 valence electrons. The van der Waals surface area contributed by atoms with Crippen LogP contribution < -0.4 is 5.32 Å². The molecule has 0 saturated carbocycles. The third kappa shape index (κ3) is 3.14. The quantitative estimate of drug-likeness (QED) is 0.823. The molecule has 0 radical (unpaired) electrons. The number of guanidine groups is 1. The Morgan fingerprint density at radius 3 is 2.76 bits per heavy atom. The number of carbonyl (C=O) groups is 1. The molecule has 2 aliphatic rings. The van der Waals surface area contributed by atoms with Gasteiger partial charge in [-0.2, -0.15) is 0 Å². The zero-order chi connectivity index (χ0) is 17.4. The van der Waals surface area contributed by atoms with Crippen molar-refractivity contribution < 1.29 is 13.4 Å². The number of hydrogen-bond donors (Lipinski definition) is 1. The fraction of sp³-hybridized carbons (Fsp3) is 0.250. The van der Waals surface area contributed by atoms with Gasteiger partial charge >= 0.3 is 0 Å². The van der Waals surface area contributed by atoms with Crippen LogP contribution in [0.15, 0.2) is 50.3 Å². The molecule has 2 aliphatic heterocycles. The van der Waals surface area contributed by atoms with Gasteiger partial charge in [0.25, 0.3) is 5.91 Å². The summed E-state index contributed by atoms with van der Waals surface area (Å²) < 4.78 is 21.7. The number of nitrogens with zero attached hydrogens (tertiary/aromatic N) is 3. The van der Waals surface area contributed by atoms with E-state index < -0.39 is 11.0 Å². The van der Waals surface area contributed by atoms with E-state index in [1.165, 1.54) is 6.26 Å². The molecule has 0 bridgehead atoms. The molecule has 2 aromatic rings.